The number of pyridine rings is 1. The van der Waals surface area contributed by atoms with Gasteiger partial charge in [0, 0.05) is 36.1 Å². The number of aromatic nitrogens is 1. The van der Waals surface area contributed by atoms with E-state index >= 15 is 0 Å². The van der Waals surface area contributed by atoms with Gasteiger partial charge in [-0.1, -0.05) is 12.1 Å². The third-order valence-electron chi connectivity index (χ3n) is 4.07. The van der Waals surface area contributed by atoms with E-state index in [1.807, 2.05) is 0 Å². The van der Waals surface area contributed by atoms with Crippen LogP contribution in [0.1, 0.15) is 38.1 Å². The van der Waals surface area contributed by atoms with Crippen LogP contribution in [0.3, 0.4) is 0 Å². The third-order valence-corrected chi connectivity index (χ3v) is 4.07. The summed E-state index contributed by atoms with van der Waals surface area (Å²) in [7, 11) is 0. The van der Waals surface area contributed by atoms with Crippen LogP contribution < -0.4 is 5.32 Å². The monoisotopic (exact) mass is 353 g/mol. The number of carbonyl (C=O) groups is 3. The molecule has 0 saturated carbocycles. The lowest BCUT2D eigenvalue weighted by molar-refractivity contribution is 0.0299. The van der Waals surface area contributed by atoms with Crippen LogP contribution in [0, 0.1) is 0 Å². The fourth-order valence-corrected chi connectivity index (χ4v) is 2.64. The van der Waals surface area contributed by atoms with Gasteiger partial charge in [0.15, 0.2) is 5.78 Å². The summed E-state index contributed by atoms with van der Waals surface area (Å²) in [6.07, 6.45) is 1.44. The topological polar surface area (TPSA) is 88.6 Å². The van der Waals surface area contributed by atoms with E-state index in [4.69, 9.17) is 4.74 Å². The second-order valence-electron chi connectivity index (χ2n) is 5.93. The molecule has 0 unspecified atom stereocenters. The summed E-state index contributed by atoms with van der Waals surface area (Å²) in [5.74, 6) is -0.672. The molecule has 134 valence electrons. The number of carbonyl (C=O) groups excluding carboxylic acids is 3. The maximum absolute atomic E-state index is 12.5. The molecular formula is C19H19N3O4. The number of hydrogen-bond donors (Lipinski definition) is 1. The van der Waals surface area contributed by atoms with Gasteiger partial charge in [-0.15, -0.1) is 0 Å². The van der Waals surface area contributed by atoms with Crippen LogP contribution in [0.2, 0.25) is 0 Å². The lowest BCUT2D eigenvalue weighted by atomic mass is 10.1. The normalized spacial score (nSPS) is 14.0. The zero-order valence-electron chi connectivity index (χ0n) is 14.4. The van der Waals surface area contributed by atoms with Gasteiger partial charge in [-0.3, -0.25) is 19.4 Å². The van der Waals surface area contributed by atoms with Crippen molar-refractivity contribution in [1.82, 2.24) is 9.88 Å². The summed E-state index contributed by atoms with van der Waals surface area (Å²) >= 11 is 0. The molecule has 1 saturated heterocycles. The summed E-state index contributed by atoms with van der Waals surface area (Å²) in [5, 5.41) is 2.74. The van der Waals surface area contributed by atoms with E-state index in [0.717, 1.165) is 0 Å². The van der Waals surface area contributed by atoms with Crippen LogP contribution in [0.5, 0.6) is 0 Å². The predicted octanol–water partition coefficient (Wildman–Crippen LogP) is 2.01. The van der Waals surface area contributed by atoms with Gasteiger partial charge in [0.05, 0.1) is 13.2 Å². The minimum Gasteiger partial charge on any atom is -0.378 e. The Labute approximate surface area is 151 Å². The summed E-state index contributed by atoms with van der Waals surface area (Å²) in [4.78, 5) is 42.2. The molecule has 2 aromatic rings. The number of morpholine rings is 1. The van der Waals surface area contributed by atoms with Crippen LogP contribution in [-0.2, 0) is 4.74 Å². The number of nitrogens with zero attached hydrogens (tertiary/aromatic N) is 2. The highest BCUT2D eigenvalue weighted by atomic mass is 16.5. The number of hydrogen-bond acceptors (Lipinski definition) is 5. The number of ketones is 1. The van der Waals surface area contributed by atoms with Crippen molar-refractivity contribution in [2.75, 3.05) is 31.6 Å². The van der Waals surface area contributed by atoms with Crippen molar-refractivity contribution in [3.63, 3.8) is 0 Å². The second kappa shape index (κ2) is 7.88. The highest BCUT2D eigenvalue weighted by Crippen LogP contribution is 2.14. The molecule has 0 bridgehead atoms. The summed E-state index contributed by atoms with van der Waals surface area (Å²) < 4.78 is 5.24. The van der Waals surface area contributed by atoms with E-state index in [0.29, 0.717) is 43.1 Å². The lowest BCUT2D eigenvalue weighted by Gasteiger charge is -2.26. The molecule has 1 aliphatic heterocycles. The van der Waals surface area contributed by atoms with Crippen LogP contribution in [-0.4, -0.2) is 53.8 Å². The third kappa shape index (κ3) is 4.12. The van der Waals surface area contributed by atoms with Crippen molar-refractivity contribution >= 4 is 23.3 Å². The molecule has 2 amide bonds. The van der Waals surface area contributed by atoms with E-state index in [1.165, 1.54) is 19.2 Å². The number of rotatable bonds is 4. The number of anilines is 1. The molecule has 1 aliphatic rings. The van der Waals surface area contributed by atoms with Gasteiger partial charge in [-0.05, 0) is 31.2 Å². The van der Waals surface area contributed by atoms with E-state index in [2.05, 4.69) is 10.3 Å². The number of ether oxygens (including phenoxy) is 1. The largest absolute Gasteiger partial charge is 0.378 e. The molecule has 2 heterocycles. The first-order valence-corrected chi connectivity index (χ1v) is 8.30. The van der Waals surface area contributed by atoms with Crippen LogP contribution >= 0.6 is 0 Å². The van der Waals surface area contributed by atoms with Gasteiger partial charge in [0.2, 0.25) is 0 Å². The Hall–Kier alpha value is -3.06. The molecule has 1 fully saturated rings. The molecule has 7 heteroatoms. The minimum absolute atomic E-state index is 0.0802. The van der Waals surface area contributed by atoms with E-state index < -0.39 is 0 Å². The standard InChI is InChI=1S/C19H19N3O4/c1-13(23)14-3-2-4-16(11-14)21-18(24)15-5-6-20-17(12-15)19(25)22-7-9-26-10-8-22/h2-6,11-12H,7-10H2,1H3,(H,21,24). The highest BCUT2D eigenvalue weighted by Gasteiger charge is 2.20. The molecule has 0 radical (unpaired) electrons. The molecule has 7 nitrogen and oxygen atoms in total. The first-order chi connectivity index (χ1) is 12.5. The highest BCUT2D eigenvalue weighted by molar-refractivity contribution is 6.06. The van der Waals surface area contributed by atoms with Gasteiger partial charge in [0.1, 0.15) is 5.69 Å². The Bertz CT molecular complexity index is 844. The van der Waals surface area contributed by atoms with Crippen molar-refractivity contribution in [3.05, 3.63) is 59.4 Å². The van der Waals surface area contributed by atoms with Gasteiger partial charge in [-0.25, -0.2) is 0 Å². The number of nitrogens with one attached hydrogen (secondary N) is 1. The Balaban J connectivity index is 1.75. The van der Waals surface area contributed by atoms with Crippen LogP contribution in [0.15, 0.2) is 42.6 Å². The average molecular weight is 353 g/mol. The van der Waals surface area contributed by atoms with Crippen molar-refractivity contribution < 1.29 is 19.1 Å². The van der Waals surface area contributed by atoms with E-state index in [-0.39, 0.29) is 23.3 Å². The average Bonchev–Trinajstić information content (AvgIpc) is 2.68. The van der Waals surface area contributed by atoms with Gasteiger partial charge >= 0.3 is 0 Å². The molecule has 0 atom stereocenters. The van der Waals surface area contributed by atoms with Crippen LogP contribution in [0.25, 0.3) is 0 Å². The first kappa shape index (κ1) is 17.8. The first-order valence-electron chi connectivity index (χ1n) is 8.30. The summed E-state index contributed by atoms with van der Waals surface area (Å²) in [6, 6.07) is 9.71. The Kier molecular flexibility index (Phi) is 5.38. The fraction of sp³-hybridized carbons (Fsp3) is 0.263. The van der Waals surface area contributed by atoms with Gasteiger partial charge < -0.3 is 15.0 Å². The van der Waals surface area contributed by atoms with Gasteiger partial charge in [0.25, 0.3) is 11.8 Å². The smallest absolute Gasteiger partial charge is 0.272 e. The molecule has 3 rings (SSSR count). The van der Waals surface area contributed by atoms with Crippen molar-refractivity contribution in [2.24, 2.45) is 0 Å². The Morgan fingerprint density at radius 3 is 2.58 bits per heavy atom. The minimum atomic E-state index is -0.371. The van der Waals surface area contributed by atoms with Crippen molar-refractivity contribution in [1.29, 1.82) is 0 Å². The Morgan fingerprint density at radius 1 is 1.08 bits per heavy atom. The zero-order chi connectivity index (χ0) is 18.5. The Morgan fingerprint density at radius 2 is 1.85 bits per heavy atom. The molecule has 1 N–H and O–H groups in total. The number of Topliss-reactive ketones (excluding diaryl/α,β-unsaturated/α-hetero) is 1. The molecule has 1 aromatic heterocycles. The SMILES string of the molecule is CC(=O)c1cccc(NC(=O)c2ccnc(C(=O)N3CCOCC3)c2)c1. The predicted molar refractivity (Wildman–Crippen MR) is 95.4 cm³/mol. The van der Waals surface area contributed by atoms with E-state index in [9.17, 15) is 14.4 Å². The maximum atomic E-state index is 12.5. The number of amides is 2. The van der Waals surface area contributed by atoms with Gasteiger partial charge in [-0.2, -0.15) is 0 Å². The summed E-state index contributed by atoms with van der Waals surface area (Å²) in [6.45, 7) is 3.48. The fourth-order valence-electron chi connectivity index (χ4n) is 2.64. The number of benzene rings is 1. The maximum Gasteiger partial charge on any atom is 0.272 e. The summed E-state index contributed by atoms with van der Waals surface area (Å²) in [5.41, 5.74) is 1.57. The van der Waals surface area contributed by atoms with Crippen LogP contribution in [0.4, 0.5) is 5.69 Å². The molecular weight excluding hydrogens is 334 g/mol. The molecule has 0 spiro atoms. The van der Waals surface area contributed by atoms with Crippen molar-refractivity contribution in [3.8, 4) is 0 Å². The molecule has 1 aromatic carbocycles. The lowest BCUT2D eigenvalue weighted by Crippen LogP contribution is -2.41. The quantitative estimate of drug-likeness (QED) is 0.850. The molecule has 26 heavy (non-hydrogen) atoms. The van der Waals surface area contributed by atoms with Crippen molar-refractivity contribution in [2.45, 2.75) is 6.92 Å². The van der Waals surface area contributed by atoms with E-state index in [1.54, 1.807) is 35.2 Å². The second-order valence-corrected chi connectivity index (χ2v) is 5.93. The molecule has 0 aliphatic carbocycles. The zero-order valence-corrected chi connectivity index (χ0v) is 14.4.